The normalized spacial score (nSPS) is 18.5. The van der Waals surface area contributed by atoms with Crippen LogP contribution in [-0.4, -0.2) is 30.7 Å². The van der Waals surface area contributed by atoms with Gasteiger partial charge >= 0.3 is 0 Å². The highest BCUT2D eigenvalue weighted by molar-refractivity contribution is 5.91. The van der Waals surface area contributed by atoms with E-state index in [0.29, 0.717) is 5.69 Å². The van der Waals surface area contributed by atoms with Crippen molar-refractivity contribution in [1.29, 1.82) is 0 Å². The number of hydrogen-bond acceptors (Lipinski definition) is 4. The number of amides is 1. The summed E-state index contributed by atoms with van der Waals surface area (Å²) in [4.78, 5) is 11.8. The molecule has 18 heavy (non-hydrogen) atoms. The minimum atomic E-state index is -0.141. The van der Waals surface area contributed by atoms with E-state index in [0.717, 1.165) is 45.3 Å². The van der Waals surface area contributed by atoms with Crippen LogP contribution in [0.25, 0.3) is 0 Å². The third kappa shape index (κ3) is 3.10. The maximum Gasteiger partial charge on any atom is 0.273 e. The van der Waals surface area contributed by atoms with E-state index in [4.69, 9.17) is 0 Å². The Hall–Kier alpha value is -1.36. The van der Waals surface area contributed by atoms with E-state index in [1.807, 2.05) is 0 Å². The second kappa shape index (κ2) is 6.00. The summed E-state index contributed by atoms with van der Waals surface area (Å²) in [7, 11) is 0. The Morgan fingerprint density at radius 3 is 2.94 bits per heavy atom. The van der Waals surface area contributed by atoms with Crippen LogP contribution in [0, 0.1) is 5.41 Å². The molecule has 5 nitrogen and oxygen atoms in total. The zero-order chi connectivity index (χ0) is 12.8. The first-order valence-electron chi connectivity index (χ1n) is 6.65. The van der Waals surface area contributed by atoms with Gasteiger partial charge in [-0.2, -0.15) is 0 Å². The summed E-state index contributed by atoms with van der Waals surface area (Å²) in [5.74, 6) is -0.141. The van der Waals surface area contributed by atoms with Gasteiger partial charge in [0.05, 0.1) is 0 Å². The summed E-state index contributed by atoms with van der Waals surface area (Å²) in [6.07, 6.45) is 5.98. The van der Waals surface area contributed by atoms with Crippen molar-refractivity contribution in [3.05, 3.63) is 18.0 Å². The molecule has 0 saturated carbocycles. The van der Waals surface area contributed by atoms with Gasteiger partial charge in [-0.25, -0.2) is 0 Å². The molecule has 0 spiro atoms. The fraction of sp³-hybridized carbons (Fsp3) is 0.692. The van der Waals surface area contributed by atoms with Crippen LogP contribution >= 0.6 is 0 Å². The number of aromatic nitrogens is 1. The lowest BCUT2D eigenvalue weighted by Crippen LogP contribution is -2.44. The van der Waals surface area contributed by atoms with Crippen LogP contribution in [0.15, 0.2) is 16.9 Å². The van der Waals surface area contributed by atoms with Gasteiger partial charge in [-0.3, -0.25) is 4.79 Å². The van der Waals surface area contributed by atoms with Gasteiger partial charge in [-0.15, -0.1) is 0 Å². The van der Waals surface area contributed by atoms with Crippen molar-refractivity contribution in [1.82, 2.24) is 15.8 Å². The minimum absolute atomic E-state index is 0.141. The second-order valence-corrected chi connectivity index (χ2v) is 5.07. The molecule has 0 radical (unpaired) electrons. The first-order chi connectivity index (χ1) is 8.76. The van der Waals surface area contributed by atoms with Gasteiger partial charge in [-0.05, 0) is 37.8 Å². The van der Waals surface area contributed by atoms with Crippen molar-refractivity contribution in [3.8, 4) is 0 Å². The van der Waals surface area contributed by atoms with Crippen LogP contribution < -0.4 is 10.6 Å². The Morgan fingerprint density at radius 2 is 2.33 bits per heavy atom. The molecule has 1 aliphatic heterocycles. The predicted octanol–water partition coefficient (Wildman–Crippen LogP) is 1.57. The van der Waals surface area contributed by atoms with Crippen molar-refractivity contribution < 1.29 is 9.32 Å². The van der Waals surface area contributed by atoms with Crippen molar-refractivity contribution in [3.63, 3.8) is 0 Å². The highest BCUT2D eigenvalue weighted by atomic mass is 16.5. The average Bonchev–Trinajstić information content (AvgIpc) is 2.91. The summed E-state index contributed by atoms with van der Waals surface area (Å²) < 4.78 is 4.68. The van der Waals surface area contributed by atoms with E-state index in [1.165, 1.54) is 6.26 Å². The quantitative estimate of drug-likeness (QED) is 0.833. The first-order valence-corrected chi connectivity index (χ1v) is 6.65. The van der Waals surface area contributed by atoms with Gasteiger partial charge in [0.2, 0.25) is 0 Å². The average molecular weight is 251 g/mol. The van der Waals surface area contributed by atoms with E-state index in [2.05, 4.69) is 27.2 Å². The largest absolute Gasteiger partial charge is 0.364 e. The standard InChI is InChI=1S/C13H21N3O2/c1-2-4-13(5-7-14-8-6-13)10-15-12(17)11-3-9-18-16-11/h3,9,14H,2,4-8,10H2,1H3,(H,15,17). The smallest absolute Gasteiger partial charge is 0.273 e. The third-order valence-corrected chi connectivity index (χ3v) is 3.74. The molecule has 1 saturated heterocycles. The van der Waals surface area contributed by atoms with Crippen LogP contribution in [0.5, 0.6) is 0 Å². The van der Waals surface area contributed by atoms with E-state index in [9.17, 15) is 4.79 Å². The lowest BCUT2D eigenvalue weighted by Gasteiger charge is -2.37. The molecule has 2 heterocycles. The van der Waals surface area contributed by atoms with Gasteiger partial charge in [-0.1, -0.05) is 18.5 Å². The summed E-state index contributed by atoms with van der Waals surface area (Å²) in [5.41, 5.74) is 0.606. The Kier molecular flexibility index (Phi) is 4.36. The molecule has 1 aromatic rings. The van der Waals surface area contributed by atoms with Crippen molar-refractivity contribution in [2.45, 2.75) is 32.6 Å². The van der Waals surface area contributed by atoms with Gasteiger partial charge in [0.1, 0.15) is 6.26 Å². The van der Waals surface area contributed by atoms with Gasteiger partial charge in [0.15, 0.2) is 5.69 Å². The molecule has 1 aliphatic rings. The molecule has 100 valence electrons. The Balaban J connectivity index is 1.91. The Bertz CT molecular complexity index is 364. The zero-order valence-electron chi connectivity index (χ0n) is 10.9. The SMILES string of the molecule is CCCC1(CNC(=O)c2ccon2)CCNCC1. The van der Waals surface area contributed by atoms with Gasteiger partial charge in [0.25, 0.3) is 5.91 Å². The van der Waals surface area contributed by atoms with Crippen LogP contribution in [0.2, 0.25) is 0 Å². The molecule has 0 aliphatic carbocycles. The van der Waals surface area contributed by atoms with Crippen LogP contribution in [0.1, 0.15) is 43.1 Å². The number of nitrogens with zero attached hydrogens (tertiary/aromatic N) is 1. The van der Waals surface area contributed by atoms with Crippen LogP contribution in [0.3, 0.4) is 0 Å². The second-order valence-electron chi connectivity index (χ2n) is 5.07. The summed E-state index contributed by atoms with van der Waals surface area (Å²) in [6.45, 7) is 5.01. The molecule has 0 atom stereocenters. The molecule has 0 bridgehead atoms. The number of hydrogen-bond donors (Lipinski definition) is 2. The molecule has 1 fully saturated rings. The monoisotopic (exact) mass is 251 g/mol. The Labute approximate surface area is 107 Å². The summed E-state index contributed by atoms with van der Waals surface area (Å²) in [5, 5.41) is 10.0. The minimum Gasteiger partial charge on any atom is -0.364 e. The molecule has 0 unspecified atom stereocenters. The molecular weight excluding hydrogens is 230 g/mol. The maximum atomic E-state index is 11.8. The molecule has 2 rings (SSSR count). The predicted molar refractivity (Wildman–Crippen MR) is 68.3 cm³/mol. The van der Waals surface area contributed by atoms with Crippen LogP contribution in [0.4, 0.5) is 0 Å². The van der Waals surface area contributed by atoms with Gasteiger partial charge in [0, 0.05) is 12.6 Å². The maximum absolute atomic E-state index is 11.8. The topological polar surface area (TPSA) is 67.2 Å². The fourth-order valence-electron chi connectivity index (χ4n) is 2.69. The Morgan fingerprint density at radius 1 is 1.56 bits per heavy atom. The lowest BCUT2D eigenvalue weighted by molar-refractivity contribution is 0.0897. The third-order valence-electron chi connectivity index (χ3n) is 3.74. The van der Waals surface area contributed by atoms with E-state index < -0.39 is 0 Å². The lowest BCUT2D eigenvalue weighted by atomic mass is 9.75. The first kappa shape index (κ1) is 13.1. The molecular formula is C13H21N3O2. The van der Waals surface area contributed by atoms with E-state index in [-0.39, 0.29) is 11.3 Å². The molecule has 1 aromatic heterocycles. The number of carbonyl (C=O) groups is 1. The highest BCUT2D eigenvalue weighted by Crippen LogP contribution is 2.33. The number of rotatable bonds is 5. The van der Waals surface area contributed by atoms with E-state index >= 15 is 0 Å². The van der Waals surface area contributed by atoms with Crippen molar-refractivity contribution in [2.24, 2.45) is 5.41 Å². The number of piperidine rings is 1. The van der Waals surface area contributed by atoms with Crippen molar-refractivity contribution in [2.75, 3.05) is 19.6 Å². The highest BCUT2D eigenvalue weighted by Gasteiger charge is 2.31. The summed E-state index contributed by atoms with van der Waals surface area (Å²) in [6, 6.07) is 1.59. The molecule has 2 N–H and O–H groups in total. The van der Waals surface area contributed by atoms with E-state index in [1.54, 1.807) is 6.07 Å². The number of carbonyl (C=O) groups excluding carboxylic acids is 1. The fourth-order valence-corrected chi connectivity index (χ4v) is 2.69. The molecule has 0 aromatic carbocycles. The van der Waals surface area contributed by atoms with Gasteiger partial charge < -0.3 is 15.2 Å². The zero-order valence-corrected chi connectivity index (χ0v) is 10.9. The number of nitrogens with one attached hydrogen (secondary N) is 2. The molecule has 1 amide bonds. The van der Waals surface area contributed by atoms with Crippen LogP contribution in [-0.2, 0) is 0 Å². The summed E-state index contributed by atoms with van der Waals surface area (Å²) >= 11 is 0. The molecule has 5 heteroatoms. The van der Waals surface area contributed by atoms with Crippen molar-refractivity contribution >= 4 is 5.91 Å².